The highest BCUT2D eigenvalue weighted by molar-refractivity contribution is 5.89. The molecular formula is C21H19F4NO2. The summed E-state index contributed by atoms with van der Waals surface area (Å²) in [5.74, 6) is -1.20. The van der Waals surface area contributed by atoms with Crippen LogP contribution in [0.1, 0.15) is 58.3 Å². The maximum atomic E-state index is 14.8. The molecule has 1 heterocycles. The maximum Gasteiger partial charge on any atom is 0.416 e. The van der Waals surface area contributed by atoms with Gasteiger partial charge in [-0.25, -0.2) is 9.18 Å². The van der Waals surface area contributed by atoms with Gasteiger partial charge in [-0.2, -0.15) is 13.2 Å². The summed E-state index contributed by atoms with van der Waals surface area (Å²) >= 11 is 0. The van der Waals surface area contributed by atoms with Crippen LogP contribution < -0.4 is 5.32 Å². The van der Waals surface area contributed by atoms with E-state index in [4.69, 9.17) is 0 Å². The van der Waals surface area contributed by atoms with Gasteiger partial charge >= 0.3 is 12.1 Å². The summed E-state index contributed by atoms with van der Waals surface area (Å²) in [5, 5.41) is 3.24. The van der Waals surface area contributed by atoms with E-state index >= 15 is 0 Å². The number of hydrogen-bond acceptors (Lipinski definition) is 3. The largest absolute Gasteiger partial charge is 0.465 e. The molecule has 1 fully saturated rings. The van der Waals surface area contributed by atoms with Gasteiger partial charge in [0.1, 0.15) is 5.82 Å². The number of rotatable bonds is 2. The summed E-state index contributed by atoms with van der Waals surface area (Å²) in [4.78, 5) is 11.6. The third-order valence-corrected chi connectivity index (χ3v) is 5.84. The molecule has 0 saturated heterocycles. The number of halogens is 4. The summed E-state index contributed by atoms with van der Waals surface area (Å²) < 4.78 is 58.8. The van der Waals surface area contributed by atoms with E-state index in [0.29, 0.717) is 16.8 Å². The van der Waals surface area contributed by atoms with Gasteiger partial charge in [0.25, 0.3) is 0 Å². The van der Waals surface area contributed by atoms with Crippen molar-refractivity contribution < 1.29 is 27.1 Å². The summed E-state index contributed by atoms with van der Waals surface area (Å²) in [6.07, 6.45) is -1.93. The molecular weight excluding hydrogens is 374 g/mol. The molecule has 148 valence electrons. The number of anilines is 1. The second kappa shape index (κ2) is 6.79. The average Bonchev–Trinajstić information content (AvgIpc) is 3.16. The summed E-state index contributed by atoms with van der Waals surface area (Å²) in [5.41, 5.74) is 1.14. The highest BCUT2D eigenvalue weighted by Crippen LogP contribution is 2.53. The highest BCUT2D eigenvalue weighted by Gasteiger charge is 2.42. The van der Waals surface area contributed by atoms with Gasteiger partial charge in [0.05, 0.1) is 24.3 Å². The van der Waals surface area contributed by atoms with Crippen molar-refractivity contribution in [2.75, 3.05) is 12.4 Å². The first-order valence-electron chi connectivity index (χ1n) is 9.15. The van der Waals surface area contributed by atoms with Crippen LogP contribution in [-0.2, 0) is 10.9 Å². The van der Waals surface area contributed by atoms with E-state index in [-0.39, 0.29) is 23.4 Å². The lowest BCUT2D eigenvalue weighted by Gasteiger charge is -2.38. The second-order valence-electron chi connectivity index (χ2n) is 7.35. The lowest BCUT2D eigenvalue weighted by atomic mass is 9.76. The minimum atomic E-state index is -4.39. The molecule has 1 N–H and O–H groups in total. The quantitative estimate of drug-likeness (QED) is 0.527. The van der Waals surface area contributed by atoms with E-state index < -0.39 is 23.5 Å². The summed E-state index contributed by atoms with van der Waals surface area (Å²) in [6.45, 7) is 0. The van der Waals surface area contributed by atoms with E-state index in [0.717, 1.165) is 31.4 Å². The second-order valence-corrected chi connectivity index (χ2v) is 7.35. The number of ether oxygens (including phenoxy) is 1. The molecule has 0 radical (unpaired) electrons. The lowest BCUT2D eigenvalue weighted by Crippen LogP contribution is -2.30. The van der Waals surface area contributed by atoms with Gasteiger partial charge in [-0.15, -0.1) is 0 Å². The van der Waals surface area contributed by atoms with Gasteiger partial charge in [0.15, 0.2) is 0 Å². The number of benzene rings is 2. The van der Waals surface area contributed by atoms with Crippen molar-refractivity contribution >= 4 is 11.7 Å². The Bertz CT molecular complexity index is 925. The number of fused-ring (bicyclic) bond motifs is 3. The Balaban J connectivity index is 1.73. The molecule has 1 aliphatic heterocycles. The van der Waals surface area contributed by atoms with Crippen LogP contribution in [-0.4, -0.2) is 13.1 Å². The van der Waals surface area contributed by atoms with Crippen molar-refractivity contribution in [1.82, 2.24) is 0 Å². The zero-order chi connectivity index (χ0) is 20.1. The average molecular weight is 393 g/mol. The van der Waals surface area contributed by atoms with E-state index in [1.165, 1.54) is 25.3 Å². The zero-order valence-corrected chi connectivity index (χ0v) is 15.1. The summed E-state index contributed by atoms with van der Waals surface area (Å²) in [7, 11) is 1.23. The fourth-order valence-corrected chi connectivity index (χ4v) is 4.56. The van der Waals surface area contributed by atoms with E-state index in [1.54, 1.807) is 6.07 Å². The molecule has 0 aromatic heterocycles. The number of esters is 1. The molecule has 1 saturated carbocycles. The lowest BCUT2D eigenvalue weighted by molar-refractivity contribution is -0.137. The number of nitrogens with one attached hydrogen (secondary N) is 1. The predicted octanol–water partition coefficient (Wildman–Crippen LogP) is 5.68. The van der Waals surface area contributed by atoms with Crippen LogP contribution in [0.2, 0.25) is 0 Å². The number of hydrogen-bond donors (Lipinski definition) is 1. The first-order chi connectivity index (χ1) is 13.3. The van der Waals surface area contributed by atoms with E-state index in [9.17, 15) is 22.4 Å². The smallest absolute Gasteiger partial charge is 0.416 e. The molecule has 28 heavy (non-hydrogen) atoms. The van der Waals surface area contributed by atoms with Crippen LogP contribution in [0.3, 0.4) is 0 Å². The van der Waals surface area contributed by atoms with Gasteiger partial charge in [-0.05, 0) is 60.6 Å². The molecule has 0 spiro atoms. The Kier molecular flexibility index (Phi) is 4.56. The molecule has 2 aliphatic rings. The number of carbonyl (C=O) groups is 1. The number of methoxy groups -OCH3 is 1. The minimum absolute atomic E-state index is 0.00513. The molecule has 2 aromatic rings. The SMILES string of the molecule is COC(=O)c1ccc([C@@H]2Nc3ccc(C(F)(F)F)cc3[C@@H]3CCC[C@@H]32)c(F)c1. The molecule has 4 rings (SSSR count). The van der Waals surface area contributed by atoms with Gasteiger partial charge < -0.3 is 10.1 Å². The van der Waals surface area contributed by atoms with Gasteiger partial charge in [0, 0.05) is 11.3 Å². The van der Waals surface area contributed by atoms with Gasteiger partial charge in [-0.1, -0.05) is 12.5 Å². The maximum absolute atomic E-state index is 14.8. The van der Waals surface area contributed by atoms with Crippen LogP contribution >= 0.6 is 0 Å². The van der Waals surface area contributed by atoms with Gasteiger partial charge in [0.2, 0.25) is 0 Å². The van der Waals surface area contributed by atoms with Gasteiger partial charge in [-0.3, -0.25) is 0 Å². The third-order valence-electron chi connectivity index (χ3n) is 5.84. The minimum Gasteiger partial charge on any atom is -0.465 e. The normalized spacial score (nSPS) is 23.5. The van der Waals surface area contributed by atoms with Crippen LogP contribution in [0.25, 0.3) is 0 Å². The molecule has 0 amide bonds. The molecule has 1 aliphatic carbocycles. The fraction of sp³-hybridized carbons (Fsp3) is 0.381. The summed E-state index contributed by atoms with van der Waals surface area (Å²) in [6, 6.07) is 7.56. The number of alkyl halides is 3. The Hall–Kier alpha value is -2.57. The molecule has 0 bridgehead atoms. The first kappa shape index (κ1) is 18.8. The predicted molar refractivity (Wildman–Crippen MR) is 95.6 cm³/mol. The molecule has 0 unspecified atom stereocenters. The van der Waals surface area contributed by atoms with Crippen LogP contribution in [0, 0.1) is 11.7 Å². The molecule has 2 aromatic carbocycles. The fourth-order valence-electron chi connectivity index (χ4n) is 4.56. The Morgan fingerprint density at radius 2 is 1.89 bits per heavy atom. The Morgan fingerprint density at radius 3 is 2.57 bits per heavy atom. The third kappa shape index (κ3) is 3.12. The van der Waals surface area contributed by atoms with Crippen molar-refractivity contribution in [1.29, 1.82) is 0 Å². The standard InChI is InChI=1S/C21H19F4NO2/c1-28-20(27)11-5-7-15(17(22)9-11)19-14-4-2-3-13(14)16-10-12(21(23,24)25)6-8-18(16)26-19/h5-10,13-14,19,26H,2-4H2,1H3/t13-,14+,19-/m1/s1. The van der Waals surface area contributed by atoms with E-state index in [1.807, 2.05) is 0 Å². The molecule has 7 heteroatoms. The molecule has 3 atom stereocenters. The Morgan fingerprint density at radius 1 is 1.11 bits per heavy atom. The highest BCUT2D eigenvalue weighted by atomic mass is 19.4. The van der Waals surface area contributed by atoms with Crippen molar-refractivity contribution in [3.8, 4) is 0 Å². The van der Waals surface area contributed by atoms with Crippen molar-refractivity contribution in [2.24, 2.45) is 5.92 Å². The van der Waals surface area contributed by atoms with Crippen LogP contribution in [0.15, 0.2) is 36.4 Å². The first-order valence-corrected chi connectivity index (χ1v) is 9.15. The van der Waals surface area contributed by atoms with E-state index in [2.05, 4.69) is 10.1 Å². The van der Waals surface area contributed by atoms with Crippen LogP contribution in [0.5, 0.6) is 0 Å². The van der Waals surface area contributed by atoms with Crippen LogP contribution in [0.4, 0.5) is 23.2 Å². The van der Waals surface area contributed by atoms with Crippen molar-refractivity contribution in [3.05, 3.63) is 64.5 Å². The zero-order valence-electron chi connectivity index (χ0n) is 15.1. The Labute approximate surface area is 159 Å². The monoisotopic (exact) mass is 393 g/mol. The molecule has 3 nitrogen and oxygen atoms in total. The van der Waals surface area contributed by atoms with Crippen molar-refractivity contribution in [3.63, 3.8) is 0 Å². The number of carbonyl (C=O) groups excluding carboxylic acids is 1. The van der Waals surface area contributed by atoms with Crippen molar-refractivity contribution in [2.45, 2.75) is 37.4 Å². The topological polar surface area (TPSA) is 38.3 Å².